The van der Waals surface area contributed by atoms with E-state index in [1.54, 1.807) is 48.0 Å². The smallest absolute Gasteiger partial charge is 0.254 e. The zero-order valence-corrected chi connectivity index (χ0v) is 21.8. The summed E-state index contributed by atoms with van der Waals surface area (Å²) in [6, 6.07) is 18.1. The summed E-state index contributed by atoms with van der Waals surface area (Å²) in [7, 11) is 4.79. The van der Waals surface area contributed by atoms with Crippen molar-refractivity contribution < 1.29 is 23.8 Å². The molecule has 0 fully saturated rings. The molecule has 0 saturated heterocycles. The van der Waals surface area contributed by atoms with Crippen LogP contribution in [0.5, 0.6) is 17.2 Å². The number of benzene rings is 3. The molecule has 0 unspecified atom stereocenters. The van der Waals surface area contributed by atoms with Gasteiger partial charge in [-0.15, -0.1) is 11.8 Å². The molecule has 1 N–H and O–H groups in total. The van der Waals surface area contributed by atoms with E-state index in [1.807, 2.05) is 49.6 Å². The number of fused-ring (bicyclic) bond motifs is 1. The number of likely N-dealkylation sites (N-methyl/N-ethyl adjacent to an activating group) is 1. The molecule has 8 heteroatoms. The number of thioether (sulfide) groups is 1. The van der Waals surface area contributed by atoms with Crippen LogP contribution in [0, 0.1) is 0 Å². The molecule has 2 atom stereocenters. The molecule has 0 saturated carbocycles. The van der Waals surface area contributed by atoms with Crippen molar-refractivity contribution in [3.63, 3.8) is 0 Å². The molecule has 1 aliphatic rings. The average Bonchev–Trinajstić information content (AvgIpc) is 2.91. The Bertz CT molecular complexity index is 1240. The summed E-state index contributed by atoms with van der Waals surface area (Å²) < 4.78 is 16.5. The first kappa shape index (κ1) is 25.4. The number of hydrogen-bond acceptors (Lipinski definition) is 6. The third kappa shape index (κ3) is 4.86. The molecule has 2 amide bonds. The lowest BCUT2D eigenvalue weighted by Gasteiger charge is -2.40. The van der Waals surface area contributed by atoms with Crippen LogP contribution in [0.15, 0.2) is 65.6 Å². The molecule has 188 valence electrons. The fourth-order valence-corrected chi connectivity index (χ4v) is 4.98. The van der Waals surface area contributed by atoms with Crippen LogP contribution in [0.4, 0.5) is 5.69 Å². The van der Waals surface area contributed by atoms with Crippen molar-refractivity contribution in [2.75, 3.05) is 39.4 Å². The van der Waals surface area contributed by atoms with Gasteiger partial charge in [0.1, 0.15) is 5.75 Å². The Balaban J connectivity index is 1.81. The number of carbonyl (C=O) groups excluding carboxylic acids is 2. The Morgan fingerprint density at radius 1 is 1.00 bits per heavy atom. The summed E-state index contributed by atoms with van der Waals surface area (Å²) in [4.78, 5) is 30.1. The van der Waals surface area contributed by atoms with Crippen LogP contribution in [-0.4, -0.2) is 50.8 Å². The maximum Gasteiger partial charge on any atom is 0.254 e. The maximum atomic E-state index is 13.9. The van der Waals surface area contributed by atoms with Crippen molar-refractivity contribution >= 4 is 29.3 Å². The van der Waals surface area contributed by atoms with Gasteiger partial charge in [-0.25, -0.2) is 0 Å². The highest BCUT2D eigenvalue weighted by Crippen LogP contribution is 2.46. The molecule has 0 radical (unpaired) electrons. The summed E-state index contributed by atoms with van der Waals surface area (Å²) in [5.74, 6) is 0.526. The highest BCUT2D eigenvalue weighted by Gasteiger charge is 2.43. The SMILES string of the molecule is CCOc1ccc(NC(=O)[C@@H]2c3cc(OC)c(OC)cc3C(=O)N(C)[C@@H]2c2ccc(SC)cc2)cc1. The second-order valence-corrected chi connectivity index (χ2v) is 9.23. The normalized spacial score (nSPS) is 16.8. The van der Waals surface area contributed by atoms with Gasteiger partial charge >= 0.3 is 0 Å². The molecule has 3 aromatic rings. The lowest BCUT2D eigenvalue weighted by atomic mass is 9.79. The minimum atomic E-state index is -0.686. The van der Waals surface area contributed by atoms with Gasteiger partial charge in [0.05, 0.1) is 32.8 Å². The predicted octanol–water partition coefficient (Wildman–Crippen LogP) is 5.37. The van der Waals surface area contributed by atoms with Gasteiger partial charge in [0.2, 0.25) is 5.91 Å². The third-order valence-electron chi connectivity index (χ3n) is 6.35. The Hall–Kier alpha value is -3.65. The molecule has 0 spiro atoms. The van der Waals surface area contributed by atoms with Gasteiger partial charge < -0.3 is 24.4 Å². The number of carbonyl (C=O) groups is 2. The minimum Gasteiger partial charge on any atom is -0.494 e. The van der Waals surface area contributed by atoms with Crippen LogP contribution in [0.1, 0.15) is 40.4 Å². The van der Waals surface area contributed by atoms with Crippen molar-refractivity contribution in [3.05, 3.63) is 77.4 Å². The fourth-order valence-electron chi connectivity index (χ4n) is 4.57. The first-order valence-electron chi connectivity index (χ1n) is 11.6. The zero-order valence-electron chi connectivity index (χ0n) is 21.0. The van der Waals surface area contributed by atoms with E-state index in [4.69, 9.17) is 14.2 Å². The van der Waals surface area contributed by atoms with Gasteiger partial charge in [-0.3, -0.25) is 9.59 Å². The number of nitrogens with one attached hydrogen (secondary N) is 1. The lowest BCUT2D eigenvalue weighted by molar-refractivity contribution is -0.119. The second-order valence-electron chi connectivity index (χ2n) is 8.35. The molecule has 3 aromatic carbocycles. The van der Waals surface area contributed by atoms with Crippen LogP contribution < -0.4 is 19.5 Å². The molecule has 0 bridgehead atoms. The van der Waals surface area contributed by atoms with Crippen LogP contribution in [-0.2, 0) is 4.79 Å². The molecule has 36 heavy (non-hydrogen) atoms. The highest BCUT2D eigenvalue weighted by atomic mass is 32.2. The summed E-state index contributed by atoms with van der Waals surface area (Å²) in [6.45, 7) is 2.48. The van der Waals surface area contributed by atoms with Gasteiger partial charge in [0.15, 0.2) is 11.5 Å². The van der Waals surface area contributed by atoms with Crippen molar-refractivity contribution in [3.8, 4) is 17.2 Å². The molecule has 1 heterocycles. The molecular weight excluding hydrogens is 476 g/mol. The second kappa shape index (κ2) is 11.0. The van der Waals surface area contributed by atoms with Crippen LogP contribution in [0.3, 0.4) is 0 Å². The number of rotatable bonds is 8. The van der Waals surface area contributed by atoms with Gasteiger partial charge in [-0.1, -0.05) is 12.1 Å². The molecule has 1 aliphatic heterocycles. The monoisotopic (exact) mass is 506 g/mol. The Morgan fingerprint density at radius 3 is 2.22 bits per heavy atom. The number of amides is 2. The van der Waals surface area contributed by atoms with E-state index >= 15 is 0 Å². The average molecular weight is 507 g/mol. The van der Waals surface area contributed by atoms with E-state index in [0.717, 1.165) is 16.2 Å². The molecular formula is C28H30N2O5S. The Kier molecular flexibility index (Phi) is 7.74. The number of anilines is 1. The molecule has 4 rings (SSSR count). The topological polar surface area (TPSA) is 77.1 Å². The Labute approximate surface area is 215 Å². The van der Waals surface area contributed by atoms with Crippen molar-refractivity contribution in [2.45, 2.75) is 23.8 Å². The van der Waals surface area contributed by atoms with E-state index in [9.17, 15) is 9.59 Å². The fraction of sp³-hybridized carbons (Fsp3) is 0.286. The minimum absolute atomic E-state index is 0.185. The van der Waals surface area contributed by atoms with Crippen LogP contribution >= 0.6 is 11.8 Å². The Morgan fingerprint density at radius 2 is 1.64 bits per heavy atom. The summed E-state index contributed by atoms with van der Waals surface area (Å²) in [5, 5.41) is 3.04. The largest absolute Gasteiger partial charge is 0.494 e. The van der Waals surface area contributed by atoms with Crippen LogP contribution in [0.25, 0.3) is 0 Å². The third-order valence-corrected chi connectivity index (χ3v) is 7.09. The number of nitrogens with zero attached hydrogens (tertiary/aromatic N) is 1. The lowest BCUT2D eigenvalue weighted by Crippen LogP contribution is -2.44. The van der Waals surface area contributed by atoms with E-state index in [2.05, 4.69) is 5.32 Å². The van der Waals surface area contributed by atoms with Crippen molar-refractivity contribution in [1.29, 1.82) is 0 Å². The van der Waals surface area contributed by atoms with Gasteiger partial charge in [0, 0.05) is 23.2 Å². The first-order chi connectivity index (χ1) is 17.4. The zero-order chi connectivity index (χ0) is 25.8. The first-order valence-corrected chi connectivity index (χ1v) is 12.8. The van der Waals surface area contributed by atoms with E-state index in [-0.39, 0.29) is 11.8 Å². The highest BCUT2D eigenvalue weighted by molar-refractivity contribution is 7.98. The van der Waals surface area contributed by atoms with Crippen molar-refractivity contribution in [1.82, 2.24) is 4.90 Å². The van der Waals surface area contributed by atoms with E-state index in [1.165, 1.54) is 14.2 Å². The standard InChI is InChI=1S/C28H30N2O5S/c1-6-35-19-11-9-18(10-12-19)29-27(31)25-21-15-23(33-3)24(34-4)16-22(21)28(32)30(2)26(25)17-7-13-20(36-5)14-8-17/h7-16,25-26H,6H2,1-5H3,(H,29,31)/t25-,26-/m1/s1. The molecule has 0 aromatic heterocycles. The van der Waals surface area contributed by atoms with E-state index in [0.29, 0.717) is 34.9 Å². The quantitative estimate of drug-likeness (QED) is 0.414. The molecule has 0 aliphatic carbocycles. The number of hydrogen-bond donors (Lipinski definition) is 1. The number of methoxy groups -OCH3 is 2. The molecule has 7 nitrogen and oxygen atoms in total. The summed E-state index contributed by atoms with van der Waals surface area (Å²) >= 11 is 1.64. The summed E-state index contributed by atoms with van der Waals surface area (Å²) in [5.41, 5.74) is 2.52. The number of ether oxygens (including phenoxy) is 3. The van der Waals surface area contributed by atoms with Gasteiger partial charge in [-0.05, 0) is 72.8 Å². The van der Waals surface area contributed by atoms with Crippen LogP contribution in [0.2, 0.25) is 0 Å². The summed E-state index contributed by atoms with van der Waals surface area (Å²) in [6.07, 6.45) is 2.01. The van der Waals surface area contributed by atoms with Gasteiger partial charge in [0.25, 0.3) is 5.91 Å². The predicted molar refractivity (Wildman–Crippen MR) is 142 cm³/mol. The maximum absolute atomic E-state index is 13.9. The van der Waals surface area contributed by atoms with E-state index < -0.39 is 12.0 Å². The van der Waals surface area contributed by atoms with Crippen molar-refractivity contribution in [2.24, 2.45) is 0 Å². The van der Waals surface area contributed by atoms with Gasteiger partial charge in [-0.2, -0.15) is 0 Å².